The van der Waals surface area contributed by atoms with E-state index in [2.05, 4.69) is 20.8 Å². The fourth-order valence-corrected chi connectivity index (χ4v) is 4.08. The van der Waals surface area contributed by atoms with Crippen LogP contribution in [0.4, 0.5) is 11.4 Å². The van der Waals surface area contributed by atoms with Crippen molar-refractivity contribution in [2.45, 2.75) is 32.0 Å². The Morgan fingerprint density at radius 1 is 1.17 bits per heavy atom. The molecule has 0 saturated carbocycles. The monoisotopic (exact) mass is 512 g/mol. The second-order valence-electron chi connectivity index (χ2n) is 8.20. The predicted molar refractivity (Wildman–Crippen MR) is 136 cm³/mol. The zero-order chi connectivity index (χ0) is 26.2. The van der Waals surface area contributed by atoms with Gasteiger partial charge in [-0.3, -0.25) is 19.7 Å². The Morgan fingerprint density at radius 2 is 1.89 bits per heavy atom. The van der Waals surface area contributed by atoms with Crippen molar-refractivity contribution in [2.75, 3.05) is 17.7 Å². The smallest absolute Gasteiger partial charge is 0.270 e. The number of rotatable bonds is 11. The second kappa shape index (κ2) is 12.2. The van der Waals surface area contributed by atoms with Crippen LogP contribution in [0, 0.1) is 16.0 Å². The molecule has 0 bridgehead atoms. The van der Waals surface area contributed by atoms with Crippen LogP contribution in [0.3, 0.4) is 0 Å². The number of thioether (sulfide) groups is 1. The number of nitro groups is 1. The third-order valence-corrected chi connectivity index (χ3v) is 6.22. The van der Waals surface area contributed by atoms with E-state index >= 15 is 0 Å². The highest BCUT2D eigenvalue weighted by Gasteiger charge is 2.26. The van der Waals surface area contributed by atoms with Gasteiger partial charge in [0.05, 0.1) is 23.3 Å². The maximum Gasteiger partial charge on any atom is 0.270 e. The van der Waals surface area contributed by atoms with Gasteiger partial charge >= 0.3 is 0 Å². The van der Waals surface area contributed by atoms with Crippen molar-refractivity contribution in [1.82, 2.24) is 20.1 Å². The summed E-state index contributed by atoms with van der Waals surface area (Å²) in [6, 6.07) is 12.2. The normalized spacial score (nSPS) is 11.7. The standard InChI is InChI=1S/C24H28N6O5S/c1-5-35-19-11-9-17(10-12-19)25-20(31)14-36-24-28-27-22(29(24)4)21(15(2)3)26-23(32)16-7-6-8-18(13-16)30(33)34/h6-13,15,21H,5,14H2,1-4H3,(H,25,31)(H,26,32)/t21-/m1/s1. The fourth-order valence-electron chi connectivity index (χ4n) is 3.37. The lowest BCUT2D eigenvalue weighted by molar-refractivity contribution is -0.384. The van der Waals surface area contributed by atoms with Gasteiger partial charge in [0.2, 0.25) is 5.91 Å². The molecule has 0 aliphatic rings. The van der Waals surface area contributed by atoms with Crippen LogP contribution in [0.5, 0.6) is 5.75 Å². The molecule has 1 heterocycles. The third kappa shape index (κ3) is 6.81. The number of aromatic nitrogens is 3. The fraction of sp³-hybridized carbons (Fsp3) is 0.333. The van der Waals surface area contributed by atoms with Crippen LogP contribution >= 0.6 is 11.8 Å². The molecule has 190 valence electrons. The lowest BCUT2D eigenvalue weighted by Gasteiger charge is -2.21. The first kappa shape index (κ1) is 26.7. The number of anilines is 1. The lowest BCUT2D eigenvalue weighted by atomic mass is 10.0. The molecule has 2 aromatic carbocycles. The molecule has 0 aliphatic carbocycles. The number of nitrogens with one attached hydrogen (secondary N) is 2. The summed E-state index contributed by atoms with van der Waals surface area (Å²) in [6.45, 7) is 6.31. The van der Waals surface area contributed by atoms with Crippen LogP contribution in [-0.2, 0) is 11.8 Å². The zero-order valence-electron chi connectivity index (χ0n) is 20.4. The van der Waals surface area contributed by atoms with Crippen LogP contribution < -0.4 is 15.4 Å². The summed E-state index contributed by atoms with van der Waals surface area (Å²) in [4.78, 5) is 35.7. The van der Waals surface area contributed by atoms with Gasteiger partial charge in [0, 0.05) is 30.4 Å². The molecule has 0 saturated heterocycles. The third-order valence-electron chi connectivity index (χ3n) is 5.20. The van der Waals surface area contributed by atoms with E-state index in [1.807, 2.05) is 20.8 Å². The van der Waals surface area contributed by atoms with Gasteiger partial charge in [-0.1, -0.05) is 31.7 Å². The van der Waals surface area contributed by atoms with Gasteiger partial charge in [-0.25, -0.2) is 0 Å². The second-order valence-corrected chi connectivity index (χ2v) is 9.14. The molecule has 3 rings (SSSR count). The summed E-state index contributed by atoms with van der Waals surface area (Å²) in [7, 11) is 1.76. The largest absolute Gasteiger partial charge is 0.494 e. The first-order chi connectivity index (χ1) is 17.2. The van der Waals surface area contributed by atoms with Gasteiger partial charge in [0.1, 0.15) is 5.75 Å². The van der Waals surface area contributed by atoms with E-state index in [0.29, 0.717) is 23.3 Å². The lowest BCUT2D eigenvalue weighted by Crippen LogP contribution is -2.33. The van der Waals surface area contributed by atoms with E-state index in [4.69, 9.17) is 4.74 Å². The number of hydrogen-bond donors (Lipinski definition) is 2. The van der Waals surface area contributed by atoms with Gasteiger partial charge in [0.15, 0.2) is 11.0 Å². The summed E-state index contributed by atoms with van der Waals surface area (Å²) >= 11 is 1.22. The Balaban J connectivity index is 1.64. The van der Waals surface area contributed by atoms with Crippen LogP contribution in [-0.4, -0.2) is 43.9 Å². The molecule has 0 spiro atoms. The molecular formula is C24H28N6O5S. The van der Waals surface area contributed by atoms with E-state index in [0.717, 1.165) is 5.75 Å². The van der Waals surface area contributed by atoms with Crippen molar-refractivity contribution in [3.05, 3.63) is 70.0 Å². The maximum atomic E-state index is 12.8. The summed E-state index contributed by atoms with van der Waals surface area (Å²) in [5.74, 6) is 0.659. The average Bonchev–Trinajstić information content (AvgIpc) is 3.22. The minimum atomic E-state index is -0.547. The minimum absolute atomic E-state index is 0.0450. The Bertz CT molecular complexity index is 1230. The summed E-state index contributed by atoms with van der Waals surface area (Å²) < 4.78 is 7.13. The molecule has 0 unspecified atom stereocenters. The quantitative estimate of drug-likeness (QED) is 0.223. The Kier molecular flexibility index (Phi) is 9.01. The number of benzene rings is 2. The molecule has 0 radical (unpaired) electrons. The number of ether oxygens (including phenoxy) is 1. The van der Waals surface area contributed by atoms with Crippen LogP contribution in [0.2, 0.25) is 0 Å². The first-order valence-corrected chi connectivity index (χ1v) is 12.3. The number of carbonyl (C=O) groups excluding carboxylic acids is 2. The van der Waals surface area contributed by atoms with Crippen molar-refractivity contribution in [1.29, 1.82) is 0 Å². The van der Waals surface area contributed by atoms with Gasteiger partial charge in [0.25, 0.3) is 11.6 Å². The number of nitro benzene ring substituents is 1. The van der Waals surface area contributed by atoms with Crippen molar-refractivity contribution in [3.8, 4) is 5.75 Å². The topological polar surface area (TPSA) is 141 Å². The van der Waals surface area contributed by atoms with E-state index in [1.165, 1.54) is 36.0 Å². The van der Waals surface area contributed by atoms with E-state index in [-0.39, 0.29) is 28.8 Å². The molecule has 1 atom stereocenters. The summed E-state index contributed by atoms with van der Waals surface area (Å²) in [5.41, 5.74) is 0.675. The van der Waals surface area contributed by atoms with E-state index < -0.39 is 16.9 Å². The molecule has 1 aromatic heterocycles. The van der Waals surface area contributed by atoms with Crippen LogP contribution in [0.25, 0.3) is 0 Å². The van der Waals surface area contributed by atoms with Crippen LogP contribution in [0.15, 0.2) is 53.7 Å². The van der Waals surface area contributed by atoms with Gasteiger partial charge in [-0.05, 0) is 43.2 Å². The Labute approximate surface area is 212 Å². The van der Waals surface area contributed by atoms with Crippen molar-refractivity contribution in [3.63, 3.8) is 0 Å². The molecule has 12 heteroatoms. The van der Waals surface area contributed by atoms with Crippen molar-refractivity contribution < 1.29 is 19.2 Å². The number of non-ortho nitro benzene ring substituents is 1. The highest BCUT2D eigenvalue weighted by Crippen LogP contribution is 2.25. The molecule has 2 amide bonds. The molecule has 36 heavy (non-hydrogen) atoms. The molecule has 3 aromatic rings. The van der Waals surface area contributed by atoms with Crippen molar-refractivity contribution in [2.24, 2.45) is 13.0 Å². The highest BCUT2D eigenvalue weighted by atomic mass is 32.2. The van der Waals surface area contributed by atoms with Gasteiger partial charge in [-0.2, -0.15) is 0 Å². The highest BCUT2D eigenvalue weighted by molar-refractivity contribution is 7.99. The SMILES string of the molecule is CCOc1ccc(NC(=O)CSc2nnc([C@H](NC(=O)c3cccc([N+](=O)[O-])c3)C(C)C)n2C)cc1. The zero-order valence-corrected chi connectivity index (χ0v) is 21.2. The average molecular weight is 513 g/mol. The number of hydrogen-bond acceptors (Lipinski definition) is 8. The van der Waals surface area contributed by atoms with Crippen LogP contribution in [0.1, 0.15) is 43.0 Å². The Morgan fingerprint density at radius 3 is 2.53 bits per heavy atom. The minimum Gasteiger partial charge on any atom is -0.494 e. The predicted octanol–water partition coefficient (Wildman–Crippen LogP) is 3.98. The number of amides is 2. The van der Waals surface area contributed by atoms with Gasteiger partial charge in [-0.15, -0.1) is 10.2 Å². The maximum absolute atomic E-state index is 12.8. The number of carbonyl (C=O) groups is 2. The molecule has 2 N–H and O–H groups in total. The van der Waals surface area contributed by atoms with E-state index in [1.54, 1.807) is 35.9 Å². The molecule has 0 aliphatic heterocycles. The Hall–Kier alpha value is -3.93. The number of nitrogens with zero attached hydrogens (tertiary/aromatic N) is 4. The first-order valence-electron chi connectivity index (χ1n) is 11.3. The molecule has 11 nitrogen and oxygen atoms in total. The summed E-state index contributed by atoms with van der Waals surface area (Å²) in [6.07, 6.45) is 0. The molecular weight excluding hydrogens is 484 g/mol. The van der Waals surface area contributed by atoms with E-state index in [9.17, 15) is 19.7 Å². The molecule has 0 fully saturated rings. The van der Waals surface area contributed by atoms with Crippen molar-refractivity contribution >= 4 is 35.0 Å². The summed E-state index contributed by atoms with van der Waals surface area (Å²) in [5, 5.41) is 25.7. The van der Waals surface area contributed by atoms with Gasteiger partial charge < -0.3 is 19.9 Å².